The van der Waals surface area contributed by atoms with E-state index in [0.717, 1.165) is 0 Å². The third-order valence-electron chi connectivity index (χ3n) is 0.737. The summed E-state index contributed by atoms with van der Waals surface area (Å²) in [6, 6.07) is 0. The van der Waals surface area contributed by atoms with Gasteiger partial charge >= 0.3 is 0 Å². The maximum Gasteiger partial charge on any atom is 0.218 e. The molecule has 0 aliphatic rings. The van der Waals surface area contributed by atoms with Crippen LogP contribution in [0.15, 0.2) is 16.0 Å². The number of aromatic nitrogens is 3. The highest BCUT2D eigenvalue weighted by atomic mass is 79.9. The zero-order chi connectivity index (χ0) is 6.85. The van der Waals surface area contributed by atoms with E-state index in [9.17, 15) is 0 Å². The Hall–Kier alpha value is -0.160. The molecule has 0 radical (unpaired) electrons. The third-order valence-corrected chi connectivity index (χ3v) is 1.61. The molecular formula is C4H3Br2N3. The van der Waals surface area contributed by atoms with Crippen LogP contribution in [0.25, 0.3) is 6.20 Å². The van der Waals surface area contributed by atoms with Crippen molar-refractivity contribution in [2.24, 2.45) is 0 Å². The van der Waals surface area contributed by atoms with Crippen molar-refractivity contribution in [1.82, 2.24) is 14.8 Å². The maximum atomic E-state index is 3.90. The van der Waals surface area contributed by atoms with E-state index >= 15 is 0 Å². The molecule has 0 aliphatic heterocycles. The predicted molar refractivity (Wildman–Crippen MR) is 41.8 cm³/mol. The molecule has 1 aromatic heterocycles. The number of nitrogens with zero attached hydrogens (tertiary/aromatic N) is 3. The fraction of sp³-hybridized carbons (Fsp3) is 0. The van der Waals surface area contributed by atoms with Crippen LogP contribution in [0.1, 0.15) is 0 Å². The molecular weight excluding hydrogens is 250 g/mol. The minimum absolute atomic E-state index is 0.550. The average Bonchev–Trinajstić information content (AvgIpc) is 2.10. The van der Waals surface area contributed by atoms with Gasteiger partial charge in [-0.1, -0.05) is 6.58 Å². The molecule has 0 saturated carbocycles. The van der Waals surface area contributed by atoms with Crippen LogP contribution in [0.5, 0.6) is 0 Å². The van der Waals surface area contributed by atoms with Gasteiger partial charge in [-0.3, -0.25) is 0 Å². The number of rotatable bonds is 1. The summed E-state index contributed by atoms with van der Waals surface area (Å²) in [5.41, 5.74) is 0. The Kier molecular flexibility index (Phi) is 2.02. The minimum Gasteiger partial charge on any atom is -0.214 e. The SMILES string of the molecule is C=Cn1nc(Br)nc1Br. The van der Waals surface area contributed by atoms with Crippen molar-refractivity contribution in [3.63, 3.8) is 0 Å². The van der Waals surface area contributed by atoms with Gasteiger partial charge in [0.25, 0.3) is 0 Å². The van der Waals surface area contributed by atoms with E-state index in [0.29, 0.717) is 9.47 Å². The van der Waals surface area contributed by atoms with Gasteiger partial charge in [-0.05, 0) is 31.9 Å². The summed E-state index contributed by atoms with van der Waals surface area (Å²) in [5, 5.41) is 3.89. The maximum absolute atomic E-state index is 3.90. The molecule has 0 saturated heterocycles. The van der Waals surface area contributed by atoms with Gasteiger partial charge in [-0.15, -0.1) is 5.10 Å². The van der Waals surface area contributed by atoms with Gasteiger partial charge in [0.15, 0.2) is 4.73 Å². The van der Waals surface area contributed by atoms with Gasteiger partial charge in [-0.25, -0.2) is 4.68 Å². The molecule has 0 aromatic carbocycles. The largest absolute Gasteiger partial charge is 0.218 e. The molecule has 0 unspecified atom stereocenters. The number of halogens is 2. The third kappa shape index (κ3) is 1.40. The Morgan fingerprint density at radius 2 is 2.22 bits per heavy atom. The van der Waals surface area contributed by atoms with Gasteiger partial charge < -0.3 is 0 Å². The highest BCUT2D eigenvalue weighted by molar-refractivity contribution is 9.11. The van der Waals surface area contributed by atoms with E-state index in [1.165, 1.54) is 4.68 Å². The highest BCUT2D eigenvalue weighted by Gasteiger charge is 1.98. The normalized spacial score (nSPS) is 9.56. The summed E-state index contributed by atoms with van der Waals surface area (Å²) in [5.74, 6) is 0. The Balaban J connectivity index is 3.15. The molecule has 0 atom stereocenters. The van der Waals surface area contributed by atoms with Crippen LogP contribution in [0.3, 0.4) is 0 Å². The molecule has 0 N–H and O–H groups in total. The van der Waals surface area contributed by atoms with E-state index in [2.05, 4.69) is 48.5 Å². The Bertz CT molecular complexity index is 230. The summed E-state index contributed by atoms with van der Waals surface area (Å²) in [7, 11) is 0. The molecule has 0 spiro atoms. The first-order chi connectivity index (χ1) is 4.24. The van der Waals surface area contributed by atoms with E-state index in [1.54, 1.807) is 6.20 Å². The summed E-state index contributed by atoms with van der Waals surface area (Å²) in [6.45, 7) is 3.51. The number of hydrogen-bond acceptors (Lipinski definition) is 2. The van der Waals surface area contributed by atoms with E-state index in [1.807, 2.05) is 0 Å². The molecule has 1 aromatic rings. The average molecular weight is 253 g/mol. The van der Waals surface area contributed by atoms with Crippen molar-refractivity contribution in [3.05, 3.63) is 16.0 Å². The lowest BCUT2D eigenvalue weighted by Gasteiger charge is -1.85. The standard InChI is InChI=1S/C4H3Br2N3/c1-2-9-4(6)7-3(5)8-9/h2H,1H2. The van der Waals surface area contributed by atoms with Crippen LogP contribution in [-0.2, 0) is 0 Å². The van der Waals surface area contributed by atoms with Crippen LogP contribution < -0.4 is 0 Å². The zero-order valence-electron chi connectivity index (χ0n) is 4.38. The fourth-order valence-electron chi connectivity index (χ4n) is 0.396. The lowest BCUT2D eigenvalue weighted by Crippen LogP contribution is -1.86. The first-order valence-electron chi connectivity index (χ1n) is 2.14. The topological polar surface area (TPSA) is 30.7 Å². The number of hydrogen-bond donors (Lipinski definition) is 0. The van der Waals surface area contributed by atoms with E-state index in [-0.39, 0.29) is 0 Å². The van der Waals surface area contributed by atoms with Gasteiger partial charge in [-0.2, -0.15) is 4.98 Å². The molecule has 3 nitrogen and oxygen atoms in total. The lowest BCUT2D eigenvalue weighted by molar-refractivity contribution is 0.903. The van der Waals surface area contributed by atoms with Crippen molar-refractivity contribution >= 4 is 38.1 Å². The molecule has 0 bridgehead atoms. The first kappa shape index (κ1) is 6.95. The highest BCUT2D eigenvalue weighted by Crippen LogP contribution is 2.10. The smallest absolute Gasteiger partial charge is 0.214 e. The Morgan fingerprint density at radius 3 is 2.44 bits per heavy atom. The molecule has 1 rings (SSSR count). The van der Waals surface area contributed by atoms with Crippen molar-refractivity contribution < 1.29 is 0 Å². The van der Waals surface area contributed by atoms with Crippen LogP contribution in [0.2, 0.25) is 0 Å². The molecule has 0 fully saturated rings. The Morgan fingerprint density at radius 1 is 1.56 bits per heavy atom. The second kappa shape index (κ2) is 2.62. The van der Waals surface area contributed by atoms with Gasteiger partial charge in [0.05, 0.1) is 0 Å². The predicted octanol–water partition coefficient (Wildman–Crippen LogP) is 1.90. The minimum atomic E-state index is 0.550. The summed E-state index contributed by atoms with van der Waals surface area (Å²) in [6.07, 6.45) is 1.56. The second-order valence-corrected chi connectivity index (χ2v) is 2.70. The van der Waals surface area contributed by atoms with Crippen molar-refractivity contribution in [2.75, 3.05) is 0 Å². The molecule has 1 heterocycles. The molecule has 5 heteroatoms. The molecule has 9 heavy (non-hydrogen) atoms. The van der Waals surface area contributed by atoms with Crippen molar-refractivity contribution in [2.45, 2.75) is 0 Å². The van der Waals surface area contributed by atoms with Crippen LogP contribution in [0, 0.1) is 0 Å². The van der Waals surface area contributed by atoms with Crippen LogP contribution in [0.4, 0.5) is 0 Å². The molecule has 0 aliphatic carbocycles. The first-order valence-corrected chi connectivity index (χ1v) is 3.72. The van der Waals surface area contributed by atoms with E-state index in [4.69, 9.17) is 0 Å². The molecule has 0 amide bonds. The van der Waals surface area contributed by atoms with Gasteiger partial charge in [0.2, 0.25) is 4.73 Å². The lowest BCUT2D eigenvalue weighted by atomic mass is 11.0. The van der Waals surface area contributed by atoms with Crippen LogP contribution >= 0.6 is 31.9 Å². The summed E-state index contributed by atoms with van der Waals surface area (Å²) >= 11 is 6.27. The quantitative estimate of drug-likeness (QED) is 0.765. The zero-order valence-corrected chi connectivity index (χ0v) is 7.55. The summed E-state index contributed by atoms with van der Waals surface area (Å²) < 4.78 is 2.71. The second-order valence-electron chi connectivity index (χ2n) is 1.28. The fourth-order valence-corrected chi connectivity index (χ4v) is 1.36. The monoisotopic (exact) mass is 251 g/mol. The van der Waals surface area contributed by atoms with Crippen LogP contribution in [-0.4, -0.2) is 14.8 Å². The molecule has 48 valence electrons. The van der Waals surface area contributed by atoms with Gasteiger partial charge in [0, 0.05) is 6.20 Å². The van der Waals surface area contributed by atoms with E-state index < -0.39 is 0 Å². The Labute approximate surface area is 69.0 Å². The van der Waals surface area contributed by atoms with Crippen molar-refractivity contribution in [3.8, 4) is 0 Å². The van der Waals surface area contributed by atoms with Gasteiger partial charge in [0.1, 0.15) is 0 Å². The van der Waals surface area contributed by atoms with Crippen molar-refractivity contribution in [1.29, 1.82) is 0 Å². The summed E-state index contributed by atoms with van der Waals surface area (Å²) in [4.78, 5) is 3.90.